The maximum atomic E-state index is 12.4. The molecule has 5 heteroatoms. The first-order chi connectivity index (χ1) is 11.1. The van der Waals surface area contributed by atoms with E-state index < -0.39 is 11.9 Å². The van der Waals surface area contributed by atoms with Crippen LogP contribution >= 0.6 is 11.6 Å². The van der Waals surface area contributed by atoms with Crippen molar-refractivity contribution in [3.8, 4) is 0 Å². The first kappa shape index (κ1) is 15.6. The summed E-state index contributed by atoms with van der Waals surface area (Å²) < 4.78 is 0. The van der Waals surface area contributed by atoms with Gasteiger partial charge in [-0.15, -0.1) is 0 Å². The van der Waals surface area contributed by atoms with E-state index in [1.54, 1.807) is 18.2 Å². The Morgan fingerprint density at radius 2 is 1.87 bits per heavy atom. The average Bonchev–Trinajstić information content (AvgIpc) is 3.33. The highest BCUT2D eigenvalue weighted by Gasteiger charge is 2.44. The third-order valence-corrected chi connectivity index (χ3v) is 4.34. The molecule has 4 nitrogen and oxygen atoms in total. The van der Waals surface area contributed by atoms with E-state index in [-0.39, 0.29) is 17.7 Å². The van der Waals surface area contributed by atoms with Gasteiger partial charge in [-0.05, 0) is 35.6 Å². The fourth-order valence-electron chi connectivity index (χ4n) is 2.80. The third kappa shape index (κ3) is 3.54. The predicted octanol–water partition coefficient (Wildman–Crippen LogP) is 2.79. The second kappa shape index (κ2) is 6.42. The number of carbonyl (C=O) groups is 2. The van der Waals surface area contributed by atoms with Crippen molar-refractivity contribution in [2.24, 2.45) is 11.7 Å². The highest BCUT2D eigenvalue weighted by Crippen LogP contribution is 2.48. The first-order valence-electron chi connectivity index (χ1n) is 7.46. The van der Waals surface area contributed by atoms with Gasteiger partial charge in [0.05, 0.1) is 0 Å². The molecule has 3 atom stereocenters. The highest BCUT2D eigenvalue weighted by atomic mass is 35.5. The molecule has 0 radical (unpaired) electrons. The van der Waals surface area contributed by atoms with Crippen LogP contribution in [0.3, 0.4) is 0 Å². The molecule has 2 aromatic rings. The number of hydrogen-bond donors (Lipinski definition) is 2. The Hall–Kier alpha value is -2.33. The molecule has 2 amide bonds. The van der Waals surface area contributed by atoms with Gasteiger partial charge < -0.3 is 11.1 Å². The van der Waals surface area contributed by atoms with E-state index in [1.807, 2.05) is 36.4 Å². The second-order valence-corrected chi connectivity index (χ2v) is 6.19. The number of primary amides is 1. The maximum absolute atomic E-state index is 12.4. The Kier molecular flexibility index (Phi) is 4.35. The molecule has 23 heavy (non-hydrogen) atoms. The summed E-state index contributed by atoms with van der Waals surface area (Å²) in [6.07, 6.45) is 0.756. The lowest BCUT2D eigenvalue weighted by Crippen LogP contribution is -2.38. The summed E-state index contributed by atoms with van der Waals surface area (Å²) in [6.45, 7) is 0. The van der Waals surface area contributed by atoms with E-state index >= 15 is 0 Å². The monoisotopic (exact) mass is 328 g/mol. The van der Waals surface area contributed by atoms with E-state index in [9.17, 15) is 9.59 Å². The minimum absolute atomic E-state index is 0.140. The topological polar surface area (TPSA) is 72.2 Å². The van der Waals surface area contributed by atoms with Crippen LogP contribution in [0, 0.1) is 5.92 Å². The number of carbonyl (C=O) groups excluding carboxylic acids is 2. The van der Waals surface area contributed by atoms with Crippen LogP contribution in [0.4, 0.5) is 0 Å². The van der Waals surface area contributed by atoms with Crippen molar-refractivity contribution >= 4 is 23.4 Å². The van der Waals surface area contributed by atoms with Gasteiger partial charge in [-0.3, -0.25) is 9.59 Å². The van der Waals surface area contributed by atoms with E-state index in [2.05, 4.69) is 5.32 Å². The number of rotatable bonds is 5. The van der Waals surface area contributed by atoms with Gasteiger partial charge in [-0.1, -0.05) is 54.1 Å². The highest BCUT2D eigenvalue weighted by molar-refractivity contribution is 6.30. The second-order valence-electron chi connectivity index (χ2n) is 5.76. The van der Waals surface area contributed by atoms with Gasteiger partial charge in [0, 0.05) is 10.9 Å². The van der Waals surface area contributed by atoms with Crippen molar-refractivity contribution in [2.75, 3.05) is 0 Å². The van der Waals surface area contributed by atoms with Crippen LogP contribution < -0.4 is 11.1 Å². The zero-order chi connectivity index (χ0) is 16.4. The summed E-state index contributed by atoms with van der Waals surface area (Å²) in [5.41, 5.74) is 7.17. The van der Waals surface area contributed by atoms with Crippen molar-refractivity contribution in [1.82, 2.24) is 5.32 Å². The summed E-state index contributed by atoms with van der Waals surface area (Å²) >= 11 is 5.99. The molecule has 118 valence electrons. The number of amides is 2. The molecule has 1 aliphatic rings. The van der Waals surface area contributed by atoms with Gasteiger partial charge in [-0.25, -0.2) is 0 Å². The fraction of sp³-hybridized carbons (Fsp3) is 0.222. The molecule has 0 spiro atoms. The normalized spacial score (nSPS) is 20.6. The molecule has 1 fully saturated rings. The number of benzene rings is 2. The molecule has 0 aromatic heterocycles. The Labute approximate surface area is 139 Å². The minimum Gasteiger partial charge on any atom is -0.368 e. The molecule has 0 aliphatic heterocycles. The zero-order valence-corrected chi connectivity index (χ0v) is 13.2. The van der Waals surface area contributed by atoms with Gasteiger partial charge >= 0.3 is 0 Å². The third-order valence-electron chi connectivity index (χ3n) is 4.11. The van der Waals surface area contributed by atoms with E-state index in [0.717, 1.165) is 12.0 Å². The SMILES string of the molecule is NC(=O)[C@H](NC(=O)[C@H]1C[C@@H]1c1cccc(Cl)c1)c1ccccc1. The number of nitrogens with two attached hydrogens (primary N) is 1. The van der Waals surface area contributed by atoms with Crippen LogP contribution in [0.5, 0.6) is 0 Å². The van der Waals surface area contributed by atoms with Crippen LogP contribution in [-0.4, -0.2) is 11.8 Å². The summed E-state index contributed by atoms with van der Waals surface area (Å²) in [6, 6.07) is 15.7. The van der Waals surface area contributed by atoms with Crippen molar-refractivity contribution in [3.63, 3.8) is 0 Å². The van der Waals surface area contributed by atoms with Gasteiger partial charge in [0.15, 0.2) is 0 Å². The molecular weight excluding hydrogens is 312 g/mol. The van der Waals surface area contributed by atoms with Crippen LogP contribution in [0.25, 0.3) is 0 Å². The van der Waals surface area contributed by atoms with Crippen molar-refractivity contribution in [1.29, 1.82) is 0 Å². The molecular formula is C18H17ClN2O2. The van der Waals surface area contributed by atoms with Crippen molar-refractivity contribution in [2.45, 2.75) is 18.4 Å². The molecule has 0 heterocycles. The summed E-state index contributed by atoms with van der Waals surface area (Å²) in [7, 11) is 0. The Morgan fingerprint density at radius 1 is 1.13 bits per heavy atom. The lowest BCUT2D eigenvalue weighted by Gasteiger charge is -2.16. The standard InChI is InChI=1S/C18H17ClN2O2/c19-13-8-4-7-12(9-13)14-10-15(14)18(23)21-16(17(20)22)11-5-2-1-3-6-11/h1-9,14-16H,10H2,(H2,20,22)(H,21,23)/t14-,15+,16-/m1/s1. The van der Waals surface area contributed by atoms with Gasteiger partial charge in [0.25, 0.3) is 0 Å². The maximum Gasteiger partial charge on any atom is 0.244 e. The van der Waals surface area contributed by atoms with E-state index in [4.69, 9.17) is 17.3 Å². The Balaban J connectivity index is 1.68. The minimum atomic E-state index is -0.802. The van der Waals surface area contributed by atoms with Crippen LogP contribution in [0.15, 0.2) is 54.6 Å². The zero-order valence-electron chi connectivity index (χ0n) is 12.4. The molecule has 3 N–H and O–H groups in total. The molecule has 0 unspecified atom stereocenters. The van der Waals surface area contributed by atoms with Crippen LogP contribution in [0.1, 0.15) is 29.5 Å². The quantitative estimate of drug-likeness (QED) is 0.885. The van der Waals surface area contributed by atoms with Crippen molar-refractivity contribution in [3.05, 3.63) is 70.7 Å². The summed E-state index contributed by atoms with van der Waals surface area (Å²) in [4.78, 5) is 24.1. The Morgan fingerprint density at radius 3 is 2.52 bits per heavy atom. The molecule has 3 rings (SSSR count). The first-order valence-corrected chi connectivity index (χ1v) is 7.84. The molecule has 0 saturated heterocycles. The van der Waals surface area contributed by atoms with Crippen molar-refractivity contribution < 1.29 is 9.59 Å². The predicted molar refractivity (Wildman–Crippen MR) is 88.8 cm³/mol. The van der Waals surface area contributed by atoms with Crippen LogP contribution in [0.2, 0.25) is 5.02 Å². The lowest BCUT2D eigenvalue weighted by molar-refractivity contribution is -0.128. The molecule has 1 saturated carbocycles. The Bertz CT molecular complexity index is 733. The molecule has 0 bridgehead atoms. The molecule has 2 aromatic carbocycles. The summed E-state index contributed by atoms with van der Waals surface area (Å²) in [5, 5.41) is 3.42. The van der Waals surface area contributed by atoms with E-state index in [1.165, 1.54) is 0 Å². The van der Waals surface area contributed by atoms with Crippen LogP contribution in [-0.2, 0) is 9.59 Å². The number of hydrogen-bond acceptors (Lipinski definition) is 2. The summed E-state index contributed by atoms with van der Waals surface area (Å²) in [5.74, 6) is -0.704. The van der Waals surface area contributed by atoms with Gasteiger partial charge in [0.2, 0.25) is 11.8 Å². The van der Waals surface area contributed by atoms with Gasteiger partial charge in [-0.2, -0.15) is 0 Å². The molecule has 1 aliphatic carbocycles. The fourth-order valence-corrected chi connectivity index (χ4v) is 3.00. The number of halogens is 1. The van der Waals surface area contributed by atoms with E-state index in [0.29, 0.717) is 10.6 Å². The van der Waals surface area contributed by atoms with Gasteiger partial charge in [0.1, 0.15) is 6.04 Å². The largest absolute Gasteiger partial charge is 0.368 e. The lowest BCUT2D eigenvalue weighted by atomic mass is 10.1. The average molecular weight is 329 g/mol. The smallest absolute Gasteiger partial charge is 0.244 e. The number of nitrogens with one attached hydrogen (secondary N) is 1.